The topological polar surface area (TPSA) is 52.6 Å². The third kappa shape index (κ3) is 1.81. The van der Waals surface area contributed by atoms with E-state index >= 15 is 0 Å². The molecule has 0 unspecified atom stereocenters. The second kappa shape index (κ2) is 4.22. The molecular weight excluding hydrogens is 244 g/mol. The van der Waals surface area contributed by atoms with Crippen molar-refractivity contribution in [2.45, 2.75) is 38.4 Å². The predicted octanol–water partition coefficient (Wildman–Crippen LogP) is 2.00. The predicted molar refractivity (Wildman–Crippen MR) is 68.0 cm³/mol. The van der Waals surface area contributed by atoms with E-state index in [1.807, 2.05) is 6.92 Å². The molecule has 5 atom stereocenters. The van der Waals surface area contributed by atoms with Crippen LogP contribution < -0.4 is 0 Å². The standard InChI is InChI=1S/C15H18O4/c1-7-4-5-10-8(2)15(17)19-14(10)13-9(3)18-12(16)6-11(7)13/h9-11,13-14H,1-2,4-6H2,3H3/t9-,10+,11+,13+,14+/m1/s1. The van der Waals surface area contributed by atoms with Crippen LogP contribution in [0.2, 0.25) is 0 Å². The highest BCUT2D eigenvalue weighted by atomic mass is 16.6. The molecule has 1 aliphatic carbocycles. The molecule has 3 aliphatic rings. The number of hydrogen-bond donors (Lipinski definition) is 0. The van der Waals surface area contributed by atoms with Gasteiger partial charge in [0, 0.05) is 17.4 Å². The number of rotatable bonds is 0. The Kier molecular flexibility index (Phi) is 2.77. The average Bonchev–Trinajstić information content (AvgIpc) is 2.53. The van der Waals surface area contributed by atoms with Crippen molar-refractivity contribution in [1.29, 1.82) is 0 Å². The summed E-state index contributed by atoms with van der Waals surface area (Å²) in [5, 5.41) is 0. The van der Waals surface area contributed by atoms with Gasteiger partial charge in [-0.1, -0.05) is 18.7 Å². The molecule has 1 saturated carbocycles. The first-order valence-electron chi connectivity index (χ1n) is 6.76. The zero-order chi connectivity index (χ0) is 13.7. The molecular formula is C15H18O4. The van der Waals surface area contributed by atoms with Crippen molar-refractivity contribution in [1.82, 2.24) is 0 Å². The van der Waals surface area contributed by atoms with E-state index in [9.17, 15) is 9.59 Å². The van der Waals surface area contributed by atoms with Crippen LogP contribution in [0.4, 0.5) is 0 Å². The summed E-state index contributed by atoms with van der Waals surface area (Å²) in [6.07, 6.45) is 1.53. The number of cyclic esters (lactones) is 1. The quantitative estimate of drug-likeness (QED) is 0.380. The molecule has 2 aliphatic heterocycles. The summed E-state index contributed by atoms with van der Waals surface area (Å²) in [5.41, 5.74) is 1.63. The molecule has 0 aromatic carbocycles. The monoisotopic (exact) mass is 262 g/mol. The lowest BCUT2D eigenvalue weighted by molar-refractivity contribution is -0.168. The van der Waals surface area contributed by atoms with Crippen LogP contribution in [0.5, 0.6) is 0 Å². The average molecular weight is 262 g/mol. The van der Waals surface area contributed by atoms with Gasteiger partial charge in [0.05, 0.1) is 6.42 Å². The van der Waals surface area contributed by atoms with Crippen LogP contribution in [0.1, 0.15) is 26.2 Å². The molecule has 0 amide bonds. The van der Waals surface area contributed by atoms with Crippen molar-refractivity contribution < 1.29 is 19.1 Å². The Hall–Kier alpha value is -1.58. The maximum atomic E-state index is 11.7. The first kappa shape index (κ1) is 12.5. The molecule has 2 saturated heterocycles. The normalized spacial score (nSPS) is 42.1. The lowest BCUT2D eigenvalue weighted by atomic mass is 9.75. The first-order chi connectivity index (χ1) is 8.99. The van der Waals surface area contributed by atoms with Crippen molar-refractivity contribution in [3.8, 4) is 0 Å². The Morgan fingerprint density at radius 3 is 2.63 bits per heavy atom. The van der Waals surface area contributed by atoms with E-state index in [4.69, 9.17) is 9.47 Å². The van der Waals surface area contributed by atoms with E-state index in [0.717, 1.165) is 18.4 Å². The Balaban J connectivity index is 1.98. The van der Waals surface area contributed by atoms with Gasteiger partial charge in [0.15, 0.2) is 0 Å². The molecule has 4 nitrogen and oxygen atoms in total. The summed E-state index contributed by atoms with van der Waals surface area (Å²) in [4.78, 5) is 23.3. The van der Waals surface area contributed by atoms with Crippen LogP contribution in [-0.2, 0) is 19.1 Å². The van der Waals surface area contributed by atoms with Crippen molar-refractivity contribution in [2.75, 3.05) is 0 Å². The highest BCUT2D eigenvalue weighted by Crippen LogP contribution is 2.48. The van der Waals surface area contributed by atoms with Crippen molar-refractivity contribution in [3.63, 3.8) is 0 Å². The summed E-state index contributed by atoms with van der Waals surface area (Å²) < 4.78 is 10.8. The third-order valence-electron chi connectivity index (χ3n) is 4.74. The molecule has 0 bridgehead atoms. The van der Waals surface area contributed by atoms with E-state index in [0.29, 0.717) is 12.0 Å². The van der Waals surface area contributed by atoms with Crippen molar-refractivity contribution >= 4 is 11.9 Å². The van der Waals surface area contributed by atoms with E-state index in [1.165, 1.54) is 0 Å². The summed E-state index contributed by atoms with van der Waals surface area (Å²) in [6, 6.07) is 0. The second-order valence-electron chi connectivity index (χ2n) is 5.78. The number of allylic oxidation sites excluding steroid dienone is 1. The summed E-state index contributed by atoms with van der Waals surface area (Å²) in [7, 11) is 0. The van der Waals surface area contributed by atoms with Gasteiger partial charge >= 0.3 is 11.9 Å². The molecule has 3 rings (SSSR count). The van der Waals surface area contributed by atoms with Gasteiger partial charge in [-0.05, 0) is 25.7 Å². The maximum absolute atomic E-state index is 11.7. The van der Waals surface area contributed by atoms with Crippen LogP contribution >= 0.6 is 0 Å². The highest BCUT2D eigenvalue weighted by molar-refractivity contribution is 5.91. The van der Waals surface area contributed by atoms with Gasteiger partial charge in [-0.15, -0.1) is 0 Å². The van der Waals surface area contributed by atoms with Gasteiger partial charge in [-0.3, -0.25) is 4.79 Å². The fraction of sp³-hybridized carbons (Fsp3) is 0.600. The number of ether oxygens (including phenoxy) is 2. The SMILES string of the molecule is C=C1C(=O)O[C@@H]2[C@H]3[C@@H](C)OC(=O)C[C@H]3C(=C)CC[C@@H]12. The van der Waals surface area contributed by atoms with Crippen LogP contribution in [0.3, 0.4) is 0 Å². The highest BCUT2D eigenvalue weighted by Gasteiger charge is 2.52. The van der Waals surface area contributed by atoms with Gasteiger partial charge in [0.25, 0.3) is 0 Å². The minimum absolute atomic E-state index is 0.0147. The molecule has 0 aromatic rings. The molecule has 0 aromatic heterocycles. The van der Waals surface area contributed by atoms with Gasteiger partial charge in [-0.25, -0.2) is 4.79 Å². The Labute approximate surface area is 112 Å². The molecule has 4 heteroatoms. The Morgan fingerprint density at radius 1 is 1.16 bits per heavy atom. The van der Waals surface area contributed by atoms with E-state index in [1.54, 1.807) is 0 Å². The summed E-state index contributed by atoms with van der Waals surface area (Å²) in [6.45, 7) is 9.85. The Morgan fingerprint density at radius 2 is 1.89 bits per heavy atom. The first-order valence-corrected chi connectivity index (χ1v) is 6.76. The molecule has 2 heterocycles. The molecule has 19 heavy (non-hydrogen) atoms. The number of fused-ring (bicyclic) bond motifs is 3. The third-order valence-corrected chi connectivity index (χ3v) is 4.74. The van der Waals surface area contributed by atoms with Crippen LogP contribution in [0.25, 0.3) is 0 Å². The number of esters is 2. The van der Waals surface area contributed by atoms with Gasteiger partial charge in [-0.2, -0.15) is 0 Å². The molecule has 102 valence electrons. The molecule has 0 radical (unpaired) electrons. The Bertz CT molecular complexity index is 479. The van der Waals surface area contributed by atoms with Crippen LogP contribution in [0, 0.1) is 17.8 Å². The van der Waals surface area contributed by atoms with E-state index in [2.05, 4.69) is 13.2 Å². The summed E-state index contributed by atoms with van der Waals surface area (Å²) >= 11 is 0. The van der Waals surface area contributed by atoms with Crippen molar-refractivity contribution in [2.24, 2.45) is 17.8 Å². The fourth-order valence-corrected chi connectivity index (χ4v) is 3.73. The largest absolute Gasteiger partial charge is 0.462 e. The minimum Gasteiger partial charge on any atom is -0.462 e. The lowest BCUT2D eigenvalue weighted by Gasteiger charge is -2.38. The van der Waals surface area contributed by atoms with Crippen molar-refractivity contribution in [3.05, 3.63) is 24.3 Å². The van der Waals surface area contributed by atoms with Gasteiger partial charge < -0.3 is 9.47 Å². The smallest absolute Gasteiger partial charge is 0.334 e. The minimum atomic E-state index is -0.301. The molecule has 3 fully saturated rings. The number of hydrogen-bond acceptors (Lipinski definition) is 4. The zero-order valence-corrected chi connectivity index (χ0v) is 11.1. The number of carbonyl (C=O) groups excluding carboxylic acids is 2. The second-order valence-corrected chi connectivity index (χ2v) is 5.78. The fourth-order valence-electron chi connectivity index (χ4n) is 3.73. The molecule has 0 N–H and O–H groups in total. The summed E-state index contributed by atoms with van der Waals surface area (Å²) in [5.74, 6) is -0.369. The van der Waals surface area contributed by atoms with E-state index < -0.39 is 0 Å². The molecule has 0 spiro atoms. The van der Waals surface area contributed by atoms with E-state index in [-0.39, 0.29) is 41.9 Å². The lowest BCUT2D eigenvalue weighted by Crippen LogP contribution is -2.45. The maximum Gasteiger partial charge on any atom is 0.334 e. The van der Waals surface area contributed by atoms with Crippen LogP contribution in [0.15, 0.2) is 24.3 Å². The number of carbonyl (C=O) groups is 2. The van der Waals surface area contributed by atoms with Gasteiger partial charge in [0.2, 0.25) is 0 Å². The van der Waals surface area contributed by atoms with Gasteiger partial charge in [0.1, 0.15) is 12.2 Å². The van der Waals surface area contributed by atoms with Crippen LogP contribution in [-0.4, -0.2) is 24.1 Å². The zero-order valence-electron chi connectivity index (χ0n) is 11.1.